The Labute approximate surface area is 351 Å². The van der Waals surface area contributed by atoms with E-state index in [0.29, 0.717) is 21.8 Å². The predicted molar refractivity (Wildman–Crippen MR) is 221 cm³/mol. The number of hydrogen-bond acceptors (Lipinski definition) is 18. The fraction of sp³-hybridized carbons (Fsp3) is 0.0930. The predicted octanol–water partition coefficient (Wildman–Crippen LogP) is 6.89. The molecule has 1 aromatic heterocycles. The lowest BCUT2D eigenvalue weighted by Gasteiger charge is -2.15. The number of nitrogens with zero attached hydrogens (tertiary/aromatic N) is 2. The van der Waals surface area contributed by atoms with Crippen molar-refractivity contribution in [2.24, 2.45) is 5.10 Å². The normalized spacial score (nSPS) is 10.4. The van der Waals surface area contributed by atoms with Gasteiger partial charge in [-0.1, -0.05) is 61.9 Å². The van der Waals surface area contributed by atoms with Crippen LogP contribution in [-0.2, 0) is 38.1 Å². The number of para-hydroxylation sites is 1. The molecule has 0 atom stereocenters. The molecule has 1 heterocycles. The van der Waals surface area contributed by atoms with E-state index in [1.54, 1.807) is 30.3 Å². The van der Waals surface area contributed by atoms with E-state index < -0.39 is 57.0 Å². The lowest BCUT2D eigenvalue weighted by molar-refractivity contribution is -0.146. The first-order valence-corrected chi connectivity index (χ1v) is 18.4. The van der Waals surface area contributed by atoms with Crippen molar-refractivity contribution in [2.45, 2.75) is 0 Å². The molecule has 0 saturated heterocycles. The number of benzene rings is 4. The highest BCUT2D eigenvalue weighted by atomic mass is 32.1. The van der Waals surface area contributed by atoms with Gasteiger partial charge in [-0.3, -0.25) is 5.43 Å². The second-order valence-corrected chi connectivity index (χ2v) is 12.6. The zero-order valence-corrected chi connectivity index (χ0v) is 32.9. The Morgan fingerprint density at radius 3 is 1.64 bits per heavy atom. The molecular weight excluding hydrogens is 815 g/mol. The van der Waals surface area contributed by atoms with Crippen molar-refractivity contribution in [3.8, 4) is 39.9 Å². The minimum Gasteiger partial charge on any atom is -0.453 e. The quantitative estimate of drug-likeness (QED) is 0.0143. The van der Waals surface area contributed by atoms with E-state index in [1.807, 2.05) is 24.3 Å². The molecule has 0 aliphatic heterocycles. The molecule has 5 rings (SSSR count). The number of nitrogens with one attached hydrogen (secondary N) is 1. The van der Waals surface area contributed by atoms with Crippen molar-refractivity contribution >= 4 is 62.7 Å². The van der Waals surface area contributed by atoms with Crippen molar-refractivity contribution in [3.63, 3.8) is 0 Å². The average Bonchev–Trinajstić information content (AvgIpc) is 3.70. The molecule has 0 saturated carbocycles. The average molecular weight is 850 g/mol. The van der Waals surface area contributed by atoms with Crippen molar-refractivity contribution < 1.29 is 66.6 Å². The van der Waals surface area contributed by atoms with Gasteiger partial charge in [0.15, 0.2) is 23.0 Å². The third-order valence-electron chi connectivity index (χ3n) is 7.66. The second kappa shape index (κ2) is 22.0. The summed E-state index contributed by atoms with van der Waals surface area (Å²) in [4.78, 5) is 64.5. The Balaban J connectivity index is 1.46. The minimum atomic E-state index is -0.831. The van der Waals surface area contributed by atoms with E-state index in [-0.39, 0.29) is 34.3 Å². The number of hydrogen-bond donors (Lipinski definition) is 1. The van der Waals surface area contributed by atoms with E-state index in [9.17, 15) is 24.0 Å². The number of esters is 5. The van der Waals surface area contributed by atoms with Crippen molar-refractivity contribution in [1.29, 1.82) is 0 Å². The molecule has 0 fully saturated rings. The van der Waals surface area contributed by atoms with E-state index in [4.69, 9.17) is 42.6 Å². The van der Waals surface area contributed by atoms with Crippen LogP contribution in [0.1, 0.15) is 15.9 Å². The molecule has 0 unspecified atom stereocenters. The summed E-state index contributed by atoms with van der Waals surface area (Å²) in [6.45, 7) is 11.3. The Morgan fingerprint density at radius 1 is 0.590 bits per heavy atom. The van der Waals surface area contributed by atoms with Gasteiger partial charge in [0, 0.05) is 29.9 Å². The van der Waals surface area contributed by atoms with E-state index in [2.05, 4.69) is 41.8 Å². The van der Waals surface area contributed by atoms with Crippen molar-refractivity contribution in [2.75, 3.05) is 32.6 Å². The first kappa shape index (κ1) is 43.9. The highest BCUT2D eigenvalue weighted by Gasteiger charge is 2.18. The summed E-state index contributed by atoms with van der Waals surface area (Å²) in [5.41, 5.74) is 5.17. The SMILES string of the molecule is C=CC(=O)OCOc1ccc(C(=O)Oc2ccc(-c3ccc(OCOC(=O)C=C)c(OCOC(=O)C=C)c3)cc2/C=N/Nc2nc3ccccc3s2)cc1OCOC(=O)C=C. The Kier molecular flexibility index (Phi) is 15.9. The van der Waals surface area contributed by atoms with Crippen molar-refractivity contribution in [3.05, 3.63) is 141 Å². The molecule has 17 nitrogen and oxygen atoms in total. The number of carbonyl (C=O) groups excluding carboxylic acids is 5. The number of hydrazone groups is 1. The first-order valence-electron chi connectivity index (χ1n) is 17.6. The fourth-order valence-corrected chi connectivity index (χ4v) is 5.60. The van der Waals surface area contributed by atoms with Crippen LogP contribution in [0.25, 0.3) is 21.3 Å². The fourth-order valence-electron chi connectivity index (χ4n) is 4.78. The molecule has 4 aromatic carbocycles. The summed E-state index contributed by atoms with van der Waals surface area (Å²) in [5, 5.41) is 4.87. The highest BCUT2D eigenvalue weighted by molar-refractivity contribution is 7.22. The molecule has 0 aliphatic carbocycles. The van der Waals surface area contributed by atoms with Crippen molar-refractivity contribution in [1.82, 2.24) is 4.98 Å². The highest BCUT2D eigenvalue weighted by Crippen LogP contribution is 2.35. The standard InChI is InChI=1S/C43H35N3O14S/c1-5-38(47)56-23-52-33-17-14-28(20-35(33)54-25-58-40(49)7-3)27-13-16-32(30(19-27)22-44-46-43-45-31-11-9-10-12-37(31)61-43)60-42(51)29-15-18-34(53-24-57-39(48)6-2)36(21-29)55-26-59-41(50)8-4/h5-22H,1-4,23-26H2,(H,45,46)/b44-22+. The van der Waals surface area contributed by atoms with Crippen LogP contribution in [-0.4, -0.2) is 68.2 Å². The van der Waals surface area contributed by atoms with Gasteiger partial charge in [-0.05, 0) is 65.7 Å². The van der Waals surface area contributed by atoms with Gasteiger partial charge in [-0.15, -0.1) is 0 Å². The number of aromatic nitrogens is 1. The maximum Gasteiger partial charge on any atom is 0.343 e. The lowest BCUT2D eigenvalue weighted by atomic mass is 10.0. The summed E-state index contributed by atoms with van der Waals surface area (Å²) in [6, 6.07) is 21.3. The summed E-state index contributed by atoms with van der Waals surface area (Å²) < 4.78 is 48.8. The third kappa shape index (κ3) is 12.9. The third-order valence-corrected chi connectivity index (χ3v) is 8.60. The topological polar surface area (TPSA) is 206 Å². The van der Waals surface area contributed by atoms with Gasteiger partial charge in [0.25, 0.3) is 0 Å². The largest absolute Gasteiger partial charge is 0.453 e. The molecule has 0 spiro atoms. The van der Waals surface area contributed by atoms with Gasteiger partial charge in [-0.2, -0.15) is 5.10 Å². The van der Waals surface area contributed by atoms with Crippen LogP contribution < -0.4 is 29.1 Å². The number of anilines is 1. The summed E-state index contributed by atoms with van der Waals surface area (Å²) in [7, 11) is 0. The Bertz CT molecular complexity index is 2460. The summed E-state index contributed by atoms with van der Waals surface area (Å²) >= 11 is 1.38. The van der Waals surface area contributed by atoms with Crippen LogP contribution in [0.2, 0.25) is 0 Å². The maximum absolute atomic E-state index is 13.7. The zero-order valence-electron chi connectivity index (χ0n) is 32.1. The molecule has 0 aliphatic rings. The molecule has 0 radical (unpaired) electrons. The molecule has 61 heavy (non-hydrogen) atoms. The van der Waals surface area contributed by atoms with Crippen LogP contribution in [0.3, 0.4) is 0 Å². The van der Waals surface area contributed by atoms with Gasteiger partial charge in [-0.25, -0.2) is 29.0 Å². The van der Waals surface area contributed by atoms with Gasteiger partial charge < -0.3 is 42.6 Å². The van der Waals surface area contributed by atoms with Gasteiger partial charge in [0.2, 0.25) is 32.3 Å². The molecule has 0 amide bonds. The van der Waals surface area contributed by atoms with Gasteiger partial charge >= 0.3 is 29.8 Å². The molecule has 5 aromatic rings. The van der Waals surface area contributed by atoms with E-state index in [0.717, 1.165) is 34.5 Å². The molecular formula is C43H35N3O14S. The number of ether oxygens (including phenoxy) is 9. The monoisotopic (exact) mass is 849 g/mol. The van der Waals surface area contributed by atoms with Gasteiger partial charge in [0.05, 0.1) is 22.0 Å². The smallest absolute Gasteiger partial charge is 0.343 e. The second-order valence-electron chi connectivity index (χ2n) is 11.5. The van der Waals surface area contributed by atoms with Crippen LogP contribution in [0.15, 0.2) is 135 Å². The number of rotatable bonds is 22. The molecule has 312 valence electrons. The molecule has 18 heteroatoms. The summed E-state index contributed by atoms with van der Waals surface area (Å²) in [5.74, 6) is -3.42. The Hall–Kier alpha value is -8.25. The van der Waals surface area contributed by atoms with E-state index >= 15 is 0 Å². The van der Waals surface area contributed by atoms with Crippen LogP contribution in [0, 0.1) is 0 Å². The summed E-state index contributed by atoms with van der Waals surface area (Å²) in [6.07, 6.45) is 5.28. The van der Waals surface area contributed by atoms with Crippen LogP contribution in [0.4, 0.5) is 5.13 Å². The van der Waals surface area contributed by atoms with E-state index in [1.165, 1.54) is 41.8 Å². The number of fused-ring (bicyclic) bond motifs is 1. The van der Waals surface area contributed by atoms with Crippen LogP contribution >= 0.6 is 11.3 Å². The Morgan fingerprint density at radius 2 is 1.08 bits per heavy atom. The first-order chi connectivity index (χ1) is 29.6. The maximum atomic E-state index is 13.7. The molecule has 1 N–H and O–H groups in total. The lowest BCUT2D eigenvalue weighted by Crippen LogP contribution is -2.13. The van der Waals surface area contributed by atoms with Gasteiger partial charge in [0.1, 0.15) is 5.75 Å². The minimum absolute atomic E-state index is 0.00615. The number of carbonyl (C=O) groups is 5. The number of thiazole rings is 1. The molecule has 0 bridgehead atoms. The van der Waals surface area contributed by atoms with Crippen LogP contribution in [0.5, 0.6) is 28.7 Å². The zero-order chi connectivity index (χ0) is 43.6.